The highest BCUT2D eigenvalue weighted by Crippen LogP contribution is 2.49. The third-order valence-electron chi connectivity index (χ3n) is 5.38. The molecule has 26 heavy (non-hydrogen) atoms. The number of allylic oxidation sites excluding steroid dienone is 2. The van der Waals surface area contributed by atoms with E-state index in [0.717, 1.165) is 51.8 Å². The molecule has 1 N–H and O–H groups in total. The molecule has 3 aromatic carbocycles. The Labute approximate surface area is 151 Å². The predicted molar refractivity (Wildman–Crippen MR) is 100 cm³/mol. The molecule has 0 saturated carbocycles. The Kier molecular flexibility index (Phi) is 3.35. The largest absolute Gasteiger partial charge is 0.508 e. The van der Waals surface area contributed by atoms with Gasteiger partial charge in [-0.15, -0.1) is 0 Å². The SMILES string of the molecule is O=C1CCCC2=C1C(c1ccc(O)cc1)c1c(ccc3ccccc13)O2. The van der Waals surface area contributed by atoms with Crippen LogP contribution in [0.5, 0.6) is 11.5 Å². The first-order valence-corrected chi connectivity index (χ1v) is 8.97. The third-order valence-corrected chi connectivity index (χ3v) is 5.38. The van der Waals surface area contributed by atoms with E-state index in [1.54, 1.807) is 12.1 Å². The van der Waals surface area contributed by atoms with E-state index in [1.807, 2.05) is 30.3 Å². The lowest BCUT2D eigenvalue weighted by Crippen LogP contribution is -2.25. The molecule has 3 heteroatoms. The molecule has 0 saturated heterocycles. The molecule has 3 aromatic rings. The topological polar surface area (TPSA) is 46.5 Å². The minimum Gasteiger partial charge on any atom is -0.508 e. The number of Topliss-reactive ketones (excluding diaryl/α,β-unsaturated/α-hetero) is 1. The van der Waals surface area contributed by atoms with Gasteiger partial charge in [0.2, 0.25) is 0 Å². The maximum Gasteiger partial charge on any atom is 0.163 e. The van der Waals surface area contributed by atoms with E-state index in [0.29, 0.717) is 6.42 Å². The van der Waals surface area contributed by atoms with Gasteiger partial charge in [0.25, 0.3) is 0 Å². The van der Waals surface area contributed by atoms with Gasteiger partial charge in [0, 0.05) is 29.9 Å². The van der Waals surface area contributed by atoms with Gasteiger partial charge in [-0.3, -0.25) is 4.79 Å². The third kappa shape index (κ3) is 2.24. The van der Waals surface area contributed by atoms with Crippen molar-refractivity contribution in [2.24, 2.45) is 0 Å². The highest BCUT2D eigenvalue weighted by atomic mass is 16.5. The van der Waals surface area contributed by atoms with Gasteiger partial charge in [0.1, 0.15) is 17.3 Å². The van der Waals surface area contributed by atoms with Gasteiger partial charge >= 0.3 is 0 Å². The Morgan fingerprint density at radius 1 is 0.923 bits per heavy atom. The molecule has 0 bridgehead atoms. The number of rotatable bonds is 1. The zero-order valence-corrected chi connectivity index (χ0v) is 14.2. The number of hydrogen-bond acceptors (Lipinski definition) is 3. The second kappa shape index (κ2) is 5.73. The molecule has 1 aliphatic carbocycles. The minimum atomic E-state index is -0.159. The molecule has 128 valence electrons. The Balaban J connectivity index is 1.83. The summed E-state index contributed by atoms with van der Waals surface area (Å²) in [5, 5.41) is 11.9. The molecule has 5 rings (SSSR count). The van der Waals surface area contributed by atoms with Crippen molar-refractivity contribution < 1.29 is 14.6 Å². The van der Waals surface area contributed by atoms with Gasteiger partial charge in [-0.05, 0) is 41.0 Å². The molecule has 1 aliphatic heterocycles. The lowest BCUT2D eigenvalue weighted by molar-refractivity contribution is -0.116. The normalized spacial score (nSPS) is 19.1. The van der Waals surface area contributed by atoms with Gasteiger partial charge in [-0.25, -0.2) is 0 Å². The van der Waals surface area contributed by atoms with Crippen LogP contribution in [0.2, 0.25) is 0 Å². The van der Waals surface area contributed by atoms with E-state index in [2.05, 4.69) is 18.2 Å². The van der Waals surface area contributed by atoms with Crippen molar-refractivity contribution in [3.63, 3.8) is 0 Å². The van der Waals surface area contributed by atoms with Crippen LogP contribution in [0.3, 0.4) is 0 Å². The predicted octanol–water partition coefficient (Wildman–Crippen LogP) is 5.08. The number of aromatic hydroxyl groups is 1. The molecular formula is C23H18O3. The van der Waals surface area contributed by atoms with Crippen molar-refractivity contribution in [3.05, 3.63) is 83.1 Å². The zero-order chi connectivity index (χ0) is 17.7. The van der Waals surface area contributed by atoms with Gasteiger partial charge in [-0.1, -0.05) is 42.5 Å². The fourth-order valence-corrected chi connectivity index (χ4v) is 4.20. The number of hydrogen-bond donors (Lipinski definition) is 1. The molecule has 0 spiro atoms. The molecule has 0 amide bonds. The first-order chi connectivity index (χ1) is 12.7. The van der Waals surface area contributed by atoms with Crippen LogP contribution in [0.1, 0.15) is 36.3 Å². The molecule has 0 aromatic heterocycles. The lowest BCUT2D eigenvalue weighted by atomic mass is 9.75. The minimum absolute atomic E-state index is 0.159. The van der Waals surface area contributed by atoms with Crippen molar-refractivity contribution >= 4 is 16.6 Å². The van der Waals surface area contributed by atoms with Crippen molar-refractivity contribution in [2.75, 3.05) is 0 Å². The Bertz CT molecular complexity index is 1060. The van der Waals surface area contributed by atoms with E-state index in [-0.39, 0.29) is 17.5 Å². The molecule has 1 heterocycles. The lowest BCUT2D eigenvalue weighted by Gasteiger charge is -2.33. The van der Waals surface area contributed by atoms with Crippen LogP contribution < -0.4 is 4.74 Å². The van der Waals surface area contributed by atoms with Crippen LogP contribution in [0.4, 0.5) is 0 Å². The standard InChI is InChI=1S/C23H18O3/c24-16-11-8-15(9-12-16)21-22-17-5-2-1-4-14(17)10-13-20(22)26-19-7-3-6-18(25)23(19)21/h1-2,4-5,8-13,21,24H,3,6-7H2. The summed E-state index contributed by atoms with van der Waals surface area (Å²) in [5.74, 6) is 1.87. The van der Waals surface area contributed by atoms with E-state index < -0.39 is 0 Å². The number of benzene rings is 3. The molecule has 0 fully saturated rings. The quantitative estimate of drug-likeness (QED) is 0.671. The molecule has 1 unspecified atom stereocenters. The zero-order valence-electron chi connectivity index (χ0n) is 14.2. The van der Waals surface area contributed by atoms with Gasteiger partial charge in [0.15, 0.2) is 5.78 Å². The second-order valence-corrected chi connectivity index (χ2v) is 6.94. The van der Waals surface area contributed by atoms with Crippen molar-refractivity contribution in [1.29, 1.82) is 0 Å². The summed E-state index contributed by atoms with van der Waals surface area (Å²) in [7, 11) is 0. The number of carbonyl (C=O) groups excluding carboxylic acids is 1. The maximum atomic E-state index is 12.8. The van der Waals surface area contributed by atoms with Crippen LogP contribution >= 0.6 is 0 Å². The summed E-state index contributed by atoms with van der Waals surface area (Å²) >= 11 is 0. The fourth-order valence-electron chi connectivity index (χ4n) is 4.20. The van der Waals surface area contributed by atoms with E-state index in [1.165, 1.54) is 0 Å². The number of phenols is 1. The number of ketones is 1. The highest BCUT2D eigenvalue weighted by Gasteiger charge is 2.37. The molecule has 1 atom stereocenters. The average molecular weight is 342 g/mol. The Morgan fingerprint density at radius 2 is 1.73 bits per heavy atom. The molecular weight excluding hydrogens is 324 g/mol. The van der Waals surface area contributed by atoms with E-state index in [9.17, 15) is 9.90 Å². The van der Waals surface area contributed by atoms with Crippen LogP contribution in [-0.2, 0) is 4.79 Å². The average Bonchev–Trinajstić information content (AvgIpc) is 2.67. The summed E-state index contributed by atoms with van der Waals surface area (Å²) < 4.78 is 6.20. The summed E-state index contributed by atoms with van der Waals surface area (Å²) in [6, 6.07) is 19.5. The van der Waals surface area contributed by atoms with E-state index in [4.69, 9.17) is 4.74 Å². The van der Waals surface area contributed by atoms with Crippen LogP contribution in [0.15, 0.2) is 72.0 Å². The maximum absolute atomic E-state index is 12.8. The first-order valence-electron chi connectivity index (χ1n) is 8.97. The molecule has 2 aliphatic rings. The van der Waals surface area contributed by atoms with Gasteiger partial charge in [0.05, 0.1) is 0 Å². The van der Waals surface area contributed by atoms with Crippen LogP contribution in [0.25, 0.3) is 10.8 Å². The number of ether oxygens (including phenoxy) is 1. The first kappa shape index (κ1) is 15.2. The summed E-state index contributed by atoms with van der Waals surface area (Å²) in [6.45, 7) is 0. The van der Waals surface area contributed by atoms with Crippen molar-refractivity contribution in [1.82, 2.24) is 0 Å². The number of carbonyl (C=O) groups is 1. The molecule has 3 nitrogen and oxygen atoms in total. The summed E-state index contributed by atoms with van der Waals surface area (Å²) in [6.07, 6.45) is 2.20. The van der Waals surface area contributed by atoms with Crippen molar-refractivity contribution in [3.8, 4) is 11.5 Å². The van der Waals surface area contributed by atoms with Crippen molar-refractivity contribution in [2.45, 2.75) is 25.2 Å². The smallest absolute Gasteiger partial charge is 0.163 e. The Hall–Kier alpha value is -3.07. The monoisotopic (exact) mass is 342 g/mol. The summed E-state index contributed by atoms with van der Waals surface area (Å²) in [4.78, 5) is 12.8. The molecule has 0 radical (unpaired) electrons. The van der Waals surface area contributed by atoms with E-state index >= 15 is 0 Å². The van der Waals surface area contributed by atoms with Crippen LogP contribution in [-0.4, -0.2) is 10.9 Å². The number of fused-ring (bicyclic) bond motifs is 3. The second-order valence-electron chi connectivity index (χ2n) is 6.94. The van der Waals surface area contributed by atoms with Gasteiger partial charge in [-0.2, -0.15) is 0 Å². The fraction of sp³-hybridized carbons (Fsp3) is 0.174. The Morgan fingerprint density at radius 3 is 2.58 bits per heavy atom. The highest BCUT2D eigenvalue weighted by molar-refractivity contribution is 6.01. The summed E-state index contributed by atoms with van der Waals surface area (Å²) in [5.41, 5.74) is 2.83. The number of phenolic OH excluding ortho intramolecular Hbond substituents is 1. The van der Waals surface area contributed by atoms with Gasteiger partial charge < -0.3 is 9.84 Å². The van der Waals surface area contributed by atoms with Crippen LogP contribution in [0, 0.1) is 0 Å².